The number of benzene rings is 9. The number of hydrogen-bond donors (Lipinski definition) is 0. The van der Waals surface area contributed by atoms with Crippen molar-refractivity contribution in [1.82, 2.24) is 54.0 Å². The van der Waals surface area contributed by atoms with Crippen molar-refractivity contribution in [3.8, 4) is 96.6 Å². The van der Waals surface area contributed by atoms with E-state index in [9.17, 15) is 5.26 Å². The summed E-state index contributed by atoms with van der Waals surface area (Å²) in [6.45, 7) is 7.59. The Hall–Kier alpha value is -10.9. The van der Waals surface area contributed by atoms with Crippen molar-refractivity contribution in [2.75, 3.05) is 0 Å². The molecule has 0 N–H and O–H groups in total. The molecular formula is C68H46N12. The molecule has 0 radical (unpaired) electrons. The molecule has 5 heterocycles. The summed E-state index contributed by atoms with van der Waals surface area (Å²) in [4.78, 5) is 43.6. The third-order valence-corrected chi connectivity index (χ3v) is 14.7. The van der Waals surface area contributed by atoms with E-state index in [1.165, 1.54) is 0 Å². The third kappa shape index (κ3) is 8.37. The van der Waals surface area contributed by atoms with Gasteiger partial charge in [-0.25, -0.2) is 44.9 Å². The Balaban J connectivity index is 1.08. The second-order valence-electron chi connectivity index (χ2n) is 19.9. The topological polar surface area (TPSA) is 150 Å². The SMILES string of the molecule is Cc1nc(C)nc(-c2ccc3c(c2)c2ccccc2n3-c2ccc(-c3nc(-c4ccccc4)nc(-c4ccccc4)n3)cc2-c2ccc(-c3ccc(C#N)cc3)cc2-n2c3ccccc3c3cc(-c4nc(C)nc(C)n4)ccc32)n1. The summed E-state index contributed by atoms with van der Waals surface area (Å²) < 4.78 is 4.74. The number of aromatic nitrogens is 11. The first-order chi connectivity index (χ1) is 39.2. The third-order valence-electron chi connectivity index (χ3n) is 14.7. The maximum atomic E-state index is 9.84. The minimum absolute atomic E-state index is 0.532. The number of aryl methyl sites for hydroxylation is 4. The van der Waals surface area contributed by atoms with Crippen molar-refractivity contribution in [2.45, 2.75) is 27.7 Å². The van der Waals surface area contributed by atoms with Crippen LogP contribution in [0.1, 0.15) is 28.9 Å². The van der Waals surface area contributed by atoms with Crippen molar-refractivity contribution in [2.24, 2.45) is 0 Å². The van der Waals surface area contributed by atoms with Crippen molar-refractivity contribution in [3.05, 3.63) is 235 Å². The lowest BCUT2D eigenvalue weighted by molar-refractivity contribution is 0.928. The van der Waals surface area contributed by atoms with Crippen LogP contribution in [0, 0.1) is 39.0 Å². The smallest absolute Gasteiger partial charge is 0.164 e. The van der Waals surface area contributed by atoms with E-state index in [1.54, 1.807) is 0 Å². The highest BCUT2D eigenvalue weighted by molar-refractivity contribution is 6.13. The summed E-state index contributed by atoms with van der Waals surface area (Å²) in [7, 11) is 0. The van der Waals surface area contributed by atoms with Gasteiger partial charge >= 0.3 is 0 Å². The second-order valence-corrected chi connectivity index (χ2v) is 19.9. The molecule has 0 fully saturated rings. The molecule has 0 atom stereocenters. The van der Waals surface area contributed by atoms with Gasteiger partial charge in [0.05, 0.1) is 45.1 Å². The van der Waals surface area contributed by atoms with Gasteiger partial charge in [-0.1, -0.05) is 121 Å². The minimum atomic E-state index is 0.532. The zero-order valence-corrected chi connectivity index (χ0v) is 44.0. The van der Waals surface area contributed by atoms with Gasteiger partial charge in [-0.05, 0) is 124 Å². The fourth-order valence-corrected chi connectivity index (χ4v) is 11.1. The monoisotopic (exact) mass is 1030 g/mol. The van der Waals surface area contributed by atoms with Gasteiger partial charge in [0.1, 0.15) is 23.3 Å². The Labute approximate surface area is 460 Å². The Morgan fingerprint density at radius 3 is 1.20 bits per heavy atom. The highest BCUT2D eigenvalue weighted by Crippen LogP contribution is 2.44. The molecule has 0 aliphatic heterocycles. The number of nitriles is 1. The van der Waals surface area contributed by atoms with Crippen molar-refractivity contribution in [3.63, 3.8) is 0 Å². The van der Waals surface area contributed by atoms with Crippen LogP contribution in [0.25, 0.3) is 134 Å². The van der Waals surface area contributed by atoms with Crippen LogP contribution >= 0.6 is 0 Å². The van der Waals surface area contributed by atoms with Gasteiger partial charge < -0.3 is 9.13 Å². The van der Waals surface area contributed by atoms with E-state index >= 15 is 0 Å². The number of rotatable bonds is 9. The van der Waals surface area contributed by atoms with Gasteiger partial charge in [-0.2, -0.15) is 5.26 Å². The van der Waals surface area contributed by atoms with Crippen molar-refractivity contribution < 1.29 is 0 Å². The van der Waals surface area contributed by atoms with E-state index in [-0.39, 0.29) is 0 Å². The zero-order valence-electron chi connectivity index (χ0n) is 44.0. The number of fused-ring (bicyclic) bond motifs is 6. The molecule has 0 amide bonds. The first-order valence-electron chi connectivity index (χ1n) is 26.3. The van der Waals surface area contributed by atoms with Crippen LogP contribution in [0.5, 0.6) is 0 Å². The van der Waals surface area contributed by atoms with Gasteiger partial charge in [-0.15, -0.1) is 0 Å². The van der Waals surface area contributed by atoms with Crippen LogP contribution in [0.15, 0.2) is 206 Å². The highest BCUT2D eigenvalue weighted by atomic mass is 15.1. The second kappa shape index (κ2) is 19.3. The fourth-order valence-electron chi connectivity index (χ4n) is 11.1. The molecule has 12 heteroatoms. The molecule has 14 aromatic rings. The molecule has 14 rings (SSSR count). The number of hydrogen-bond acceptors (Lipinski definition) is 10. The first kappa shape index (κ1) is 47.5. The summed E-state index contributed by atoms with van der Waals surface area (Å²) in [5.41, 5.74) is 14.7. The summed E-state index contributed by atoms with van der Waals surface area (Å²) in [5, 5.41) is 14.1. The van der Waals surface area contributed by atoms with Crippen LogP contribution in [-0.2, 0) is 0 Å². The predicted molar refractivity (Wildman–Crippen MR) is 317 cm³/mol. The van der Waals surface area contributed by atoms with E-state index in [4.69, 9.17) is 34.9 Å². The van der Waals surface area contributed by atoms with E-state index in [2.05, 4.69) is 146 Å². The van der Waals surface area contributed by atoms with Crippen molar-refractivity contribution in [1.29, 1.82) is 5.26 Å². The summed E-state index contributed by atoms with van der Waals surface area (Å²) >= 11 is 0. The normalized spacial score (nSPS) is 11.5. The molecule has 0 saturated heterocycles. The minimum Gasteiger partial charge on any atom is -0.309 e. The summed E-state index contributed by atoms with van der Waals surface area (Å²) in [6.07, 6.45) is 0. The average molecular weight is 1030 g/mol. The number of nitrogens with zero attached hydrogens (tertiary/aromatic N) is 12. The molecular weight excluding hydrogens is 985 g/mol. The van der Waals surface area contributed by atoms with E-state index in [0.717, 1.165) is 105 Å². The average Bonchev–Trinajstić information content (AvgIpc) is 4.21. The quantitative estimate of drug-likeness (QED) is 0.137. The van der Waals surface area contributed by atoms with Gasteiger partial charge in [0.15, 0.2) is 29.1 Å². The Morgan fingerprint density at radius 2 is 0.688 bits per heavy atom. The van der Waals surface area contributed by atoms with Crippen LogP contribution < -0.4 is 0 Å². The molecule has 9 aromatic carbocycles. The molecule has 378 valence electrons. The predicted octanol–water partition coefficient (Wildman–Crippen LogP) is 15.2. The molecule has 0 unspecified atom stereocenters. The lowest BCUT2D eigenvalue weighted by Gasteiger charge is -2.21. The lowest BCUT2D eigenvalue weighted by Crippen LogP contribution is -2.04. The standard InChI is InChI=1S/C68H46N12/c1-40-70-41(2)73-66(72-40)49-28-32-60-55(35-49)52-19-11-13-21-58(52)79(60)61-33-30-51(68-77-64(46-15-7-5-8-16-46)76-65(78-68)47-17-9-6-10-18-47)37-57(61)54-31-27-48(45-25-23-44(39-69)24-26-45)38-63(54)80-59-22-14-12-20-53(59)56-36-50(29-34-62(56)80)67-74-42(3)71-43(4)75-67/h5-38H,1-4H3. The molecule has 5 aromatic heterocycles. The largest absolute Gasteiger partial charge is 0.309 e. The van der Waals surface area contributed by atoms with Gasteiger partial charge in [0.25, 0.3) is 0 Å². The molecule has 80 heavy (non-hydrogen) atoms. The fraction of sp³-hybridized carbons (Fsp3) is 0.0588. The Bertz CT molecular complexity index is 4730. The Kier molecular flexibility index (Phi) is 11.5. The van der Waals surface area contributed by atoms with Crippen LogP contribution in [-0.4, -0.2) is 54.0 Å². The zero-order chi connectivity index (χ0) is 54.0. The van der Waals surface area contributed by atoms with E-state index < -0.39 is 0 Å². The lowest BCUT2D eigenvalue weighted by atomic mass is 9.94. The molecule has 0 aliphatic rings. The molecule has 0 saturated carbocycles. The summed E-state index contributed by atoms with van der Waals surface area (Å²) in [6, 6.07) is 73.5. The van der Waals surface area contributed by atoms with Crippen molar-refractivity contribution >= 4 is 43.6 Å². The molecule has 0 aliphatic carbocycles. The van der Waals surface area contributed by atoms with E-state index in [0.29, 0.717) is 58.0 Å². The van der Waals surface area contributed by atoms with Crippen LogP contribution in [0.3, 0.4) is 0 Å². The van der Waals surface area contributed by atoms with E-state index in [1.807, 2.05) is 113 Å². The molecule has 0 spiro atoms. The first-order valence-corrected chi connectivity index (χ1v) is 26.3. The molecule has 12 nitrogen and oxygen atoms in total. The Morgan fingerprint density at radius 1 is 0.287 bits per heavy atom. The van der Waals surface area contributed by atoms with Crippen LogP contribution in [0.2, 0.25) is 0 Å². The highest BCUT2D eigenvalue weighted by Gasteiger charge is 2.24. The van der Waals surface area contributed by atoms with Gasteiger partial charge in [0.2, 0.25) is 0 Å². The number of para-hydroxylation sites is 2. The van der Waals surface area contributed by atoms with Gasteiger partial charge in [-0.3, -0.25) is 0 Å². The maximum Gasteiger partial charge on any atom is 0.164 e. The molecule has 0 bridgehead atoms. The van der Waals surface area contributed by atoms with Gasteiger partial charge in [0, 0.05) is 60.5 Å². The van der Waals surface area contributed by atoms with Crippen LogP contribution in [0.4, 0.5) is 0 Å². The summed E-state index contributed by atoms with van der Waals surface area (Å²) in [5.74, 6) is 5.60. The maximum absolute atomic E-state index is 9.84.